The van der Waals surface area contributed by atoms with Crippen molar-refractivity contribution in [2.45, 2.75) is 57.8 Å². The minimum absolute atomic E-state index is 0.368. The highest BCUT2D eigenvalue weighted by molar-refractivity contribution is 5.85. The minimum Gasteiger partial charge on any atom is -0.361 e. The number of nitrogens with zero attached hydrogens (tertiary/aromatic N) is 1. The second kappa shape index (κ2) is 8.43. The zero-order chi connectivity index (χ0) is 20.3. The SMILES string of the molecule is O=C(CCCc1c2c(nc3ccccc13)CCCC2)CCc1c[nH]c2ccccc12. The molecule has 0 fully saturated rings. The number of ketones is 1. The molecule has 2 heterocycles. The molecule has 2 aromatic heterocycles. The molecule has 0 aliphatic heterocycles. The van der Waals surface area contributed by atoms with E-state index in [-0.39, 0.29) is 0 Å². The first-order valence-electron chi connectivity index (χ1n) is 11.3. The fourth-order valence-corrected chi connectivity index (χ4v) is 4.96. The summed E-state index contributed by atoms with van der Waals surface area (Å²) in [6.07, 6.45) is 10.8. The van der Waals surface area contributed by atoms with Crippen LogP contribution >= 0.6 is 0 Å². The maximum atomic E-state index is 12.6. The number of benzene rings is 2. The predicted octanol–water partition coefficient (Wildman–Crippen LogP) is 6.12. The molecule has 0 saturated carbocycles. The van der Waals surface area contributed by atoms with Gasteiger partial charge in [-0.25, -0.2) is 0 Å². The quantitative estimate of drug-likeness (QED) is 0.409. The summed E-state index contributed by atoms with van der Waals surface area (Å²) < 4.78 is 0. The maximum absolute atomic E-state index is 12.6. The highest BCUT2D eigenvalue weighted by Crippen LogP contribution is 2.30. The highest BCUT2D eigenvalue weighted by Gasteiger charge is 2.18. The number of fused-ring (bicyclic) bond motifs is 3. The van der Waals surface area contributed by atoms with Gasteiger partial charge in [0.15, 0.2) is 0 Å². The molecule has 2 aromatic carbocycles. The Labute approximate surface area is 177 Å². The lowest BCUT2D eigenvalue weighted by Crippen LogP contribution is -2.10. The maximum Gasteiger partial charge on any atom is 0.133 e. The average Bonchev–Trinajstić information content (AvgIpc) is 3.20. The summed E-state index contributed by atoms with van der Waals surface area (Å²) in [5, 5.41) is 2.52. The molecule has 3 nitrogen and oxygen atoms in total. The van der Waals surface area contributed by atoms with E-state index in [1.807, 2.05) is 12.3 Å². The molecular weight excluding hydrogens is 368 g/mol. The first-order valence-corrected chi connectivity index (χ1v) is 11.3. The van der Waals surface area contributed by atoms with E-state index in [0.29, 0.717) is 18.6 Å². The molecule has 0 radical (unpaired) electrons. The number of Topliss-reactive ketones (excluding diaryl/α,β-unsaturated/α-hetero) is 1. The molecule has 0 amide bonds. The zero-order valence-electron chi connectivity index (χ0n) is 17.4. The highest BCUT2D eigenvalue weighted by atomic mass is 16.1. The van der Waals surface area contributed by atoms with Crippen LogP contribution in [0.25, 0.3) is 21.8 Å². The van der Waals surface area contributed by atoms with Gasteiger partial charge in [0.2, 0.25) is 0 Å². The molecule has 4 aromatic rings. The predicted molar refractivity (Wildman–Crippen MR) is 123 cm³/mol. The molecule has 0 atom stereocenters. The van der Waals surface area contributed by atoms with Gasteiger partial charge >= 0.3 is 0 Å². The number of hydrogen-bond donors (Lipinski definition) is 1. The Morgan fingerprint density at radius 3 is 2.63 bits per heavy atom. The van der Waals surface area contributed by atoms with Gasteiger partial charge < -0.3 is 4.98 Å². The summed E-state index contributed by atoms with van der Waals surface area (Å²) in [7, 11) is 0. The summed E-state index contributed by atoms with van der Waals surface area (Å²) in [6.45, 7) is 0. The van der Waals surface area contributed by atoms with Gasteiger partial charge in [-0.15, -0.1) is 0 Å². The Balaban J connectivity index is 1.24. The Morgan fingerprint density at radius 2 is 1.70 bits per heavy atom. The molecule has 152 valence electrons. The monoisotopic (exact) mass is 396 g/mol. The van der Waals surface area contributed by atoms with Gasteiger partial charge in [-0.2, -0.15) is 0 Å². The third kappa shape index (κ3) is 3.77. The Morgan fingerprint density at radius 1 is 0.900 bits per heavy atom. The van der Waals surface area contributed by atoms with Crippen LogP contribution in [0.1, 0.15) is 54.5 Å². The van der Waals surface area contributed by atoms with E-state index in [2.05, 4.69) is 47.4 Å². The average molecular weight is 397 g/mol. The third-order valence-corrected chi connectivity index (χ3v) is 6.52. The van der Waals surface area contributed by atoms with Crippen LogP contribution < -0.4 is 0 Å². The minimum atomic E-state index is 0.368. The second-order valence-corrected chi connectivity index (χ2v) is 8.49. The Kier molecular flexibility index (Phi) is 5.35. The summed E-state index contributed by atoms with van der Waals surface area (Å²) in [5.74, 6) is 0.368. The van der Waals surface area contributed by atoms with Gasteiger partial charge in [0.05, 0.1) is 5.52 Å². The number of para-hydroxylation sites is 2. The normalized spacial score (nSPS) is 13.6. The Bertz CT molecular complexity index is 1200. The lowest BCUT2D eigenvalue weighted by molar-refractivity contribution is -0.119. The topological polar surface area (TPSA) is 45.8 Å². The van der Waals surface area contributed by atoms with Crippen molar-refractivity contribution in [2.75, 3.05) is 0 Å². The van der Waals surface area contributed by atoms with Crippen molar-refractivity contribution in [3.63, 3.8) is 0 Å². The van der Waals surface area contributed by atoms with Crippen LogP contribution in [0.4, 0.5) is 0 Å². The van der Waals surface area contributed by atoms with Crippen molar-refractivity contribution in [3.8, 4) is 0 Å². The number of rotatable bonds is 7. The summed E-state index contributed by atoms with van der Waals surface area (Å²) in [4.78, 5) is 20.8. The first kappa shape index (κ1) is 19.0. The number of aromatic amines is 1. The molecule has 1 aliphatic carbocycles. The van der Waals surface area contributed by atoms with Crippen LogP contribution in [-0.2, 0) is 30.5 Å². The van der Waals surface area contributed by atoms with E-state index in [0.717, 1.165) is 43.1 Å². The third-order valence-electron chi connectivity index (χ3n) is 6.52. The number of aromatic nitrogens is 2. The number of pyridine rings is 1. The van der Waals surface area contributed by atoms with Gasteiger partial charge in [-0.05, 0) is 73.8 Å². The van der Waals surface area contributed by atoms with Crippen molar-refractivity contribution >= 4 is 27.6 Å². The molecule has 3 heteroatoms. The van der Waals surface area contributed by atoms with Gasteiger partial charge in [0, 0.05) is 41.0 Å². The molecule has 0 saturated heterocycles. The lowest BCUT2D eigenvalue weighted by Gasteiger charge is -2.20. The number of aryl methyl sites for hydroxylation is 3. The van der Waals surface area contributed by atoms with E-state index in [1.54, 1.807) is 0 Å². The van der Waals surface area contributed by atoms with E-state index in [4.69, 9.17) is 4.98 Å². The molecule has 30 heavy (non-hydrogen) atoms. The number of hydrogen-bond acceptors (Lipinski definition) is 2. The van der Waals surface area contributed by atoms with Crippen LogP contribution in [0, 0.1) is 0 Å². The van der Waals surface area contributed by atoms with Gasteiger partial charge in [0.25, 0.3) is 0 Å². The van der Waals surface area contributed by atoms with E-state index < -0.39 is 0 Å². The largest absolute Gasteiger partial charge is 0.361 e. The van der Waals surface area contributed by atoms with Gasteiger partial charge in [0.1, 0.15) is 5.78 Å². The summed E-state index contributed by atoms with van der Waals surface area (Å²) in [5.41, 5.74) is 7.70. The van der Waals surface area contributed by atoms with Crippen molar-refractivity contribution < 1.29 is 4.79 Å². The molecular formula is C27H28N2O. The Hall–Kier alpha value is -2.94. The van der Waals surface area contributed by atoms with E-state index in [1.165, 1.54) is 46.0 Å². The standard InChI is InChI=1S/C27H28N2O/c30-20(17-16-19-18-28-25-13-4-1-9-21(19)25)8-7-12-22-23-10-2-5-14-26(23)29-27-15-6-3-11-24(22)27/h1-2,4-5,9-10,13-14,18,28H,3,6-8,11-12,15-17H2. The van der Waals surface area contributed by atoms with Crippen LogP contribution in [0.3, 0.4) is 0 Å². The zero-order valence-corrected chi connectivity index (χ0v) is 17.4. The van der Waals surface area contributed by atoms with Crippen molar-refractivity contribution in [1.29, 1.82) is 0 Å². The smallest absolute Gasteiger partial charge is 0.133 e. The summed E-state index contributed by atoms with van der Waals surface area (Å²) >= 11 is 0. The number of carbonyl (C=O) groups is 1. The van der Waals surface area contributed by atoms with Crippen molar-refractivity contribution in [3.05, 3.63) is 77.1 Å². The fourth-order valence-electron chi connectivity index (χ4n) is 4.96. The number of carbonyl (C=O) groups excluding carboxylic acids is 1. The van der Waals surface area contributed by atoms with Crippen molar-refractivity contribution in [2.24, 2.45) is 0 Å². The molecule has 5 rings (SSSR count). The molecule has 0 spiro atoms. The number of nitrogens with one attached hydrogen (secondary N) is 1. The number of H-pyrrole nitrogens is 1. The van der Waals surface area contributed by atoms with Gasteiger partial charge in [-0.1, -0.05) is 36.4 Å². The fraction of sp³-hybridized carbons (Fsp3) is 0.333. The molecule has 1 N–H and O–H groups in total. The molecule has 1 aliphatic rings. The van der Waals surface area contributed by atoms with Crippen LogP contribution in [0.5, 0.6) is 0 Å². The molecule has 0 bridgehead atoms. The van der Waals surface area contributed by atoms with Crippen molar-refractivity contribution in [1.82, 2.24) is 9.97 Å². The van der Waals surface area contributed by atoms with Crippen LogP contribution in [0.2, 0.25) is 0 Å². The van der Waals surface area contributed by atoms with E-state index >= 15 is 0 Å². The van der Waals surface area contributed by atoms with Crippen LogP contribution in [-0.4, -0.2) is 15.8 Å². The summed E-state index contributed by atoms with van der Waals surface area (Å²) in [6, 6.07) is 16.8. The van der Waals surface area contributed by atoms with Crippen LogP contribution in [0.15, 0.2) is 54.7 Å². The first-order chi connectivity index (χ1) is 14.8. The second-order valence-electron chi connectivity index (χ2n) is 8.49. The van der Waals surface area contributed by atoms with Gasteiger partial charge in [-0.3, -0.25) is 9.78 Å². The van der Waals surface area contributed by atoms with E-state index in [9.17, 15) is 4.79 Å². The molecule has 0 unspecified atom stereocenters. The lowest BCUT2D eigenvalue weighted by atomic mass is 9.87.